The number of alkyl halides is 3. The second-order valence-electron chi connectivity index (χ2n) is 8.10. The Bertz CT molecular complexity index is 1400. The molecule has 9 heteroatoms. The van der Waals surface area contributed by atoms with E-state index < -0.39 is 35.3 Å². The van der Waals surface area contributed by atoms with Crippen molar-refractivity contribution in [3.63, 3.8) is 0 Å². The highest BCUT2D eigenvalue weighted by atomic mass is 19.4. The number of fused-ring (bicyclic) bond motifs is 1. The topological polar surface area (TPSA) is 46.3 Å². The molecule has 1 aliphatic rings. The van der Waals surface area contributed by atoms with Gasteiger partial charge in [0.15, 0.2) is 17.2 Å². The van der Waals surface area contributed by atoms with Crippen LogP contribution in [-0.4, -0.2) is 22.3 Å². The van der Waals surface area contributed by atoms with Crippen LogP contribution in [0.2, 0.25) is 0 Å². The van der Waals surface area contributed by atoms with Crippen molar-refractivity contribution in [2.75, 3.05) is 6.54 Å². The molecule has 34 heavy (non-hydrogen) atoms. The summed E-state index contributed by atoms with van der Waals surface area (Å²) in [7, 11) is 0. The highest BCUT2D eigenvalue weighted by molar-refractivity contribution is 5.95. The summed E-state index contributed by atoms with van der Waals surface area (Å²) in [6.07, 6.45) is -3.35. The van der Waals surface area contributed by atoms with E-state index in [2.05, 4.69) is 4.98 Å². The van der Waals surface area contributed by atoms with Gasteiger partial charge in [0.25, 0.3) is 5.91 Å². The zero-order chi connectivity index (χ0) is 24.0. The quantitative estimate of drug-likeness (QED) is 0.309. The Morgan fingerprint density at radius 2 is 1.74 bits per heavy atom. The van der Waals surface area contributed by atoms with Crippen LogP contribution in [-0.2, 0) is 6.18 Å². The molecule has 1 amide bonds. The van der Waals surface area contributed by atoms with Crippen molar-refractivity contribution in [2.45, 2.75) is 25.1 Å². The first-order chi connectivity index (χ1) is 16.2. The Morgan fingerprint density at radius 1 is 0.971 bits per heavy atom. The van der Waals surface area contributed by atoms with E-state index >= 15 is 0 Å². The van der Waals surface area contributed by atoms with Gasteiger partial charge in [0.1, 0.15) is 11.6 Å². The van der Waals surface area contributed by atoms with Crippen LogP contribution < -0.4 is 0 Å². The summed E-state index contributed by atoms with van der Waals surface area (Å²) in [6, 6.07) is 12.4. The number of nitrogens with zero attached hydrogens (tertiary/aromatic N) is 2. The minimum absolute atomic E-state index is 0.0570. The van der Waals surface area contributed by atoms with Crippen molar-refractivity contribution < 1.29 is 31.2 Å². The maximum absolute atomic E-state index is 13.6. The largest absolute Gasteiger partial charge is 0.438 e. The monoisotopic (exact) mass is 472 g/mol. The fraction of sp³-hybridized carbons (Fsp3) is 0.200. The van der Waals surface area contributed by atoms with Crippen molar-refractivity contribution in [2.24, 2.45) is 0 Å². The Kier molecular flexibility index (Phi) is 5.34. The average Bonchev–Trinajstić information content (AvgIpc) is 3.46. The Morgan fingerprint density at radius 3 is 2.50 bits per heavy atom. The second-order valence-corrected chi connectivity index (χ2v) is 8.10. The summed E-state index contributed by atoms with van der Waals surface area (Å²) in [5.74, 6) is -2.16. The van der Waals surface area contributed by atoms with Gasteiger partial charge >= 0.3 is 6.18 Å². The molecule has 5 rings (SSSR count). The van der Waals surface area contributed by atoms with Crippen LogP contribution in [0.3, 0.4) is 0 Å². The molecule has 2 heterocycles. The van der Waals surface area contributed by atoms with E-state index in [0.717, 1.165) is 24.3 Å². The first kappa shape index (κ1) is 22.1. The Labute approximate surface area is 190 Å². The number of likely N-dealkylation sites (tertiary alicyclic amines) is 1. The van der Waals surface area contributed by atoms with Gasteiger partial charge in [0.05, 0.1) is 5.56 Å². The molecule has 0 bridgehead atoms. The molecule has 1 fully saturated rings. The van der Waals surface area contributed by atoms with E-state index in [1.165, 1.54) is 23.1 Å². The molecule has 0 spiro atoms. The highest BCUT2D eigenvalue weighted by Gasteiger charge is 2.36. The van der Waals surface area contributed by atoms with Gasteiger partial charge in [-0.1, -0.05) is 18.2 Å². The number of hydrogen-bond donors (Lipinski definition) is 0. The molecule has 0 saturated carbocycles. The third kappa shape index (κ3) is 4.02. The zero-order valence-electron chi connectivity index (χ0n) is 17.6. The van der Waals surface area contributed by atoms with E-state index in [1.807, 2.05) is 0 Å². The summed E-state index contributed by atoms with van der Waals surface area (Å²) in [4.78, 5) is 19.0. The van der Waals surface area contributed by atoms with Gasteiger partial charge in [0, 0.05) is 12.1 Å². The molecule has 4 aromatic rings. The van der Waals surface area contributed by atoms with Crippen LogP contribution in [0.5, 0.6) is 0 Å². The lowest BCUT2D eigenvalue weighted by Crippen LogP contribution is -2.31. The zero-order valence-corrected chi connectivity index (χ0v) is 17.6. The molecule has 1 atom stereocenters. The predicted octanol–water partition coefficient (Wildman–Crippen LogP) is 6.77. The normalized spacial score (nSPS) is 16.4. The van der Waals surface area contributed by atoms with Gasteiger partial charge in [0.2, 0.25) is 5.89 Å². The van der Waals surface area contributed by atoms with Gasteiger partial charge in [-0.25, -0.2) is 13.8 Å². The van der Waals surface area contributed by atoms with Gasteiger partial charge in [-0.15, -0.1) is 0 Å². The van der Waals surface area contributed by atoms with E-state index in [4.69, 9.17) is 4.42 Å². The Balaban J connectivity index is 1.45. The smallest absolute Gasteiger partial charge is 0.416 e. The Hall–Kier alpha value is -3.75. The standard InChI is InChI=1S/C25H17F5N2O2/c26-18-8-6-14(12-19(18)27)15-7-9-22-20(13-15)31-23(34-22)21-5-2-10-32(21)24(33)16-3-1-4-17(11-16)25(28,29)30/h1,3-4,6-9,11-13,21H,2,5,10H2/t21-/m0/s1. The number of carbonyl (C=O) groups excluding carboxylic acids is 1. The molecule has 0 unspecified atom stereocenters. The first-order valence-electron chi connectivity index (χ1n) is 10.5. The lowest BCUT2D eigenvalue weighted by Gasteiger charge is -2.22. The highest BCUT2D eigenvalue weighted by Crippen LogP contribution is 2.36. The van der Waals surface area contributed by atoms with Crippen molar-refractivity contribution in [3.8, 4) is 11.1 Å². The van der Waals surface area contributed by atoms with E-state index in [-0.39, 0.29) is 11.5 Å². The van der Waals surface area contributed by atoms with E-state index in [9.17, 15) is 26.7 Å². The summed E-state index contributed by atoms with van der Waals surface area (Å²) in [5.41, 5.74) is 1.04. The van der Waals surface area contributed by atoms with Crippen LogP contribution in [0.25, 0.3) is 22.2 Å². The summed E-state index contributed by atoms with van der Waals surface area (Å²) in [5, 5.41) is 0. The van der Waals surface area contributed by atoms with E-state index in [1.54, 1.807) is 18.2 Å². The van der Waals surface area contributed by atoms with Crippen LogP contribution in [0, 0.1) is 11.6 Å². The number of oxazole rings is 1. The second kappa shape index (κ2) is 8.23. The molecule has 0 N–H and O–H groups in total. The number of halogens is 5. The molecule has 174 valence electrons. The fourth-order valence-electron chi connectivity index (χ4n) is 4.20. The lowest BCUT2D eigenvalue weighted by atomic mass is 10.1. The number of aromatic nitrogens is 1. The molecule has 1 aliphatic heterocycles. The van der Waals surface area contributed by atoms with Crippen molar-refractivity contribution in [1.82, 2.24) is 9.88 Å². The minimum Gasteiger partial charge on any atom is -0.438 e. The number of amides is 1. The van der Waals surface area contributed by atoms with Crippen LogP contribution in [0.4, 0.5) is 22.0 Å². The molecule has 1 aromatic heterocycles. The summed E-state index contributed by atoms with van der Waals surface area (Å²) in [6.45, 7) is 0.360. The molecule has 3 aromatic carbocycles. The van der Waals surface area contributed by atoms with Crippen LogP contribution in [0.15, 0.2) is 65.1 Å². The maximum Gasteiger partial charge on any atom is 0.416 e. The fourth-order valence-corrected chi connectivity index (χ4v) is 4.20. The molecular weight excluding hydrogens is 455 g/mol. The number of benzene rings is 3. The third-order valence-electron chi connectivity index (χ3n) is 5.89. The average molecular weight is 472 g/mol. The lowest BCUT2D eigenvalue weighted by molar-refractivity contribution is -0.137. The van der Waals surface area contributed by atoms with Crippen molar-refractivity contribution in [1.29, 1.82) is 0 Å². The number of carbonyl (C=O) groups is 1. The summed E-state index contributed by atoms with van der Waals surface area (Å²) < 4.78 is 72.0. The summed E-state index contributed by atoms with van der Waals surface area (Å²) >= 11 is 0. The van der Waals surface area contributed by atoms with Gasteiger partial charge in [-0.3, -0.25) is 4.79 Å². The van der Waals surface area contributed by atoms with Crippen LogP contribution >= 0.6 is 0 Å². The molecular formula is C25H17F5N2O2. The SMILES string of the molecule is O=C(c1cccc(C(F)(F)F)c1)N1CCC[C@H]1c1nc2cc(-c3ccc(F)c(F)c3)ccc2o1. The predicted molar refractivity (Wildman–Crippen MR) is 114 cm³/mol. The van der Waals surface area contributed by atoms with Crippen LogP contribution in [0.1, 0.15) is 40.7 Å². The number of rotatable bonds is 3. The molecule has 0 aliphatic carbocycles. The number of hydrogen-bond acceptors (Lipinski definition) is 3. The molecule has 1 saturated heterocycles. The maximum atomic E-state index is 13.6. The molecule has 4 nitrogen and oxygen atoms in total. The van der Waals surface area contributed by atoms with Gasteiger partial charge < -0.3 is 9.32 Å². The minimum atomic E-state index is -4.55. The first-order valence-corrected chi connectivity index (χ1v) is 10.5. The van der Waals surface area contributed by atoms with Gasteiger partial charge in [-0.05, 0) is 66.4 Å². The van der Waals surface area contributed by atoms with Gasteiger partial charge in [-0.2, -0.15) is 13.2 Å². The van der Waals surface area contributed by atoms with E-state index in [0.29, 0.717) is 41.6 Å². The third-order valence-corrected chi connectivity index (χ3v) is 5.89. The van der Waals surface area contributed by atoms with Crippen molar-refractivity contribution in [3.05, 3.63) is 89.3 Å². The van der Waals surface area contributed by atoms with Crippen molar-refractivity contribution >= 4 is 17.0 Å². The molecule has 0 radical (unpaired) electrons.